The van der Waals surface area contributed by atoms with Gasteiger partial charge in [-0.25, -0.2) is 0 Å². The van der Waals surface area contributed by atoms with E-state index in [0.717, 1.165) is 18.5 Å². The maximum Gasteiger partial charge on any atom is 0.0858 e. The summed E-state index contributed by atoms with van der Waals surface area (Å²) >= 11 is 0. The minimum Gasteiger partial charge on any atom is -0.320 e. The Morgan fingerprint density at radius 2 is 2.08 bits per heavy atom. The van der Waals surface area contributed by atoms with Crippen LogP contribution in [0.2, 0.25) is 0 Å². The molecule has 2 N–H and O–H groups in total. The molecule has 0 amide bonds. The Balaban J connectivity index is 2.39. The molecule has 1 aromatic rings. The van der Waals surface area contributed by atoms with Crippen LogP contribution < -0.4 is 5.73 Å². The number of aromatic nitrogens is 2. The van der Waals surface area contributed by atoms with Crippen LogP contribution in [0, 0.1) is 6.92 Å². The fraction of sp³-hybridized carbons (Fsp3) is 0.500. The molecule has 3 nitrogen and oxygen atoms in total. The first-order valence-corrected chi connectivity index (χ1v) is 4.56. The molecule has 0 saturated carbocycles. The van der Waals surface area contributed by atoms with Crippen molar-refractivity contribution < 1.29 is 0 Å². The van der Waals surface area contributed by atoms with Crippen LogP contribution in [-0.2, 0) is 12.6 Å². The van der Waals surface area contributed by atoms with Gasteiger partial charge in [0.2, 0.25) is 0 Å². The van der Waals surface area contributed by atoms with Gasteiger partial charge in [0.25, 0.3) is 0 Å². The van der Waals surface area contributed by atoms with E-state index in [1.165, 1.54) is 5.56 Å². The third-order valence-electron chi connectivity index (χ3n) is 2.61. The average molecular weight is 177 g/mol. The fourth-order valence-corrected chi connectivity index (χ4v) is 1.96. The van der Waals surface area contributed by atoms with E-state index < -0.39 is 0 Å². The second kappa shape index (κ2) is 2.70. The standard InChI is InChI=1S/C10H15N3/c1-8-7-13(2)12-9(8)10(11)5-3-4-6-10/h3-4,7H,5-6,11H2,1-2H3. The Hall–Kier alpha value is -1.09. The molecule has 1 aliphatic carbocycles. The molecule has 0 aliphatic heterocycles. The van der Waals surface area contributed by atoms with E-state index in [2.05, 4.69) is 24.2 Å². The molecule has 1 heterocycles. The van der Waals surface area contributed by atoms with Crippen molar-refractivity contribution in [2.45, 2.75) is 25.3 Å². The largest absolute Gasteiger partial charge is 0.320 e. The predicted molar refractivity (Wildman–Crippen MR) is 52.2 cm³/mol. The molecule has 0 atom stereocenters. The second-order valence-electron chi connectivity index (χ2n) is 3.87. The molecule has 1 aliphatic rings. The van der Waals surface area contributed by atoms with Crippen LogP contribution in [0.1, 0.15) is 24.1 Å². The predicted octanol–water partition coefficient (Wildman–Crippen LogP) is 1.23. The molecule has 13 heavy (non-hydrogen) atoms. The van der Waals surface area contributed by atoms with E-state index in [0.29, 0.717) is 0 Å². The molecule has 0 unspecified atom stereocenters. The smallest absolute Gasteiger partial charge is 0.0858 e. The zero-order valence-electron chi connectivity index (χ0n) is 8.12. The van der Waals surface area contributed by atoms with Gasteiger partial charge in [0.1, 0.15) is 0 Å². The lowest BCUT2D eigenvalue weighted by Gasteiger charge is -2.21. The van der Waals surface area contributed by atoms with E-state index in [1.807, 2.05) is 17.9 Å². The van der Waals surface area contributed by atoms with E-state index in [1.54, 1.807) is 0 Å². The minimum absolute atomic E-state index is 0.245. The maximum atomic E-state index is 6.26. The van der Waals surface area contributed by atoms with Crippen LogP contribution in [0.15, 0.2) is 18.3 Å². The van der Waals surface area contributed by atoms with Crippen molar-refractivity contribution in [3.8, 4) is 0 Å². The van der Waals surface area contributed by atoms with Gasteiger partial charge < -0.3 is 5.73 Å². The number of aryl methyl sites for hydroxylation is 2. The van der Waals surface area contributed by atoms with Crippen molar-refractivity contribution in [2.75, 3.05) is 0 Å². The fourth-order valence-electron chi connectivity index (χ4n) is 1.96. The molecular weight excluding hydrogens is 162 g/mol. The Bertz CT molecular complexity index is 341. The second-order valence-corrected chi connectivity index (χ2v) is 3.87. The van der Waals surface area contributed by atoms with E-state index >= 15 is 0 Å². The van der Waals surface area contributed by atoms with Crippen LogP contribution in [0.25, 0.3) is 0 Å². The van der Waals surface area contributed by atoms with Crippen molar-refractivity contribution in [3.05, 3.63) is 29.6 Å². The van der Waals surface area contributed by atoms with Crippen LogP contribution in [-0.4, -0.2) is 9.78 Å². The van der Waals surface area contributed by atoms with Gasteiger partial charge in [-0.1, -0.05) is 12.2 Å². The third-order valence-corrected chi connectivity index (χ3v) is 2.61. The summed E-state index contributed by atoms with van der Waals surface area (Å²) in [5.41, 5.74) is 8.24. The lowest BCUT2D eigenvalue weighted by Crippen LogP contribution is -2.34. The molecule has 2 rings (SSSR count). The van der Waals surface area contributed by atoms with Crippen molar-refractivity contribution in [1.82, 2.24) is 9.78 Å². The molecule has 3 heteroatoms. The van der Waals surface area contributed by atoms with E-state index in [-0.39, 0.29) is 5.54 Å². The molecule has 70 valence electrons. The highest BCUT2D eigenvalue weighted by Gasteiger charge is 2.31. The summed E-state index contributed by atoms with van der Waals surface area (Å²) in [5, 5.41) is 4.42. The van der Waals surface area contributed by atoms with Crippen LogP contribution in [0.3, 0.4) is 0 Å². The van der Waals surface area contributed by atoms with Gasteiger partial charge in [0.15, 0.2) is 0 Å². The number of nitrogens with two attached hydrogens (primary N) is 1. The normalized spacial score (nSPS) is 19.6. The van der Waals surface area contributed by atoms with Gasteiger partial charge in [0, 0.05) is 13.2 Å². The highest BCUT2D eigenvalue weighted by Crippen LogP contribution is 2.32. The summed E-state index contributed by atoms with van der Waals surface area (Å²) < 4.78 is 1.83. The van der Waals surface area contributed by atoms with Crippen LogP contribution in [0.4, 0.5) is 0 Å². The van der Waals surface area contributed by atoms with Gasteiger partial charge >= 0.3 is 0 Å². The van der Waals surface area contributed by atoms with Crippen molar-refractivity contribution in [1.29, 1.82) is 0 Å². The van der Waals surface area contributed by atoms with Crippen LogP contribution in [0.5, 0.6) is 0 Å². The van der Waals surface area contributed by atoms with Crippen molar-refractivity contribution in [2.24, 2.45) is 12.8 Å². The highest BCUT2D eigenvalue weighted by molar-refractivity contribution is 5.28. The molecular formula is C10H15N3. The summed E-state index contributed by atoms with van der Waals surface area (Å²) in [6, 6.07) is 0. The molecule has 0 fully saturated rings. The number of rotatable bonds is 1. The van der Waals surface area contributed by atoms with Gasteiger partial charge in [-0.2, -0.15) is 5.10 Å². The van der Waals surface area contributed by atoms with Gasteiger partial charge in [-0.15, -0.1) is 0 Å². The molecule has 0 aromatic carbocycles. The molecule has 0 bridgehead atoms. The zero-order valence-corrected chi connectivity index (χ0v) is 8.12. The first kappa shape index (κ1) is 8.51. The molecule has 0 spiro atoms. The Morgan fingerprint density at radius 1 is 1.46 bits per heavy atom. The lowest BCUT2D eigenvalue weighted by atomic mass is 9.92. The maximum absolute atomic E-state index is 6.26. The Morgan fingerprint density at radius 3 is 2.54 bits per heavy atom. The first-order chi connectivity index (χ1) is 6.12. The SMILES string of the molecule is Cc1cn(C)nc1C1(N)CC=CC1. The number of hydrogen-bond acceptors (Lipinski definition) is 2. The molecule has 1 aromatic heterocycles. The Kier molecular flexibility index (Phi) is 1.77. The topological polar surface area (TPSA) is 43.8 Å². The summed E-state index contributed by atoms with van der Waals surface area (Å²) in [5.74, 6) is 0. The van der Waals surface area contributed by atoms with Crippen molar-refractivity contribution in [3.63, 3.8) is 0 Å². The third kappa shape index (κ3) is 1.29. The molecule has 0 saturated heterocycles. The van der Waals surface area contributed by atoms with Crippen LogP contribution >= 0.6 is 0 Å². The monoisotopic (exact) mass is 177 g/mol. The van der Waals surface area contributed by atoms with Gasteiger partial charge in [-0.3, -0.25) is 4.68 Å². The van der Waals surface area contributed by atoms with E-state index in [9.17, 15) is 0 Å². The number of hydrogen-bond donors (Lipinski definition) is 1. The molecule has 0 radical (unpaired) electrons. The van der Waals surface area contributed by atoms with Gasteiger partial charge in [0.05, 0.1) is 11.2 Å². The quantitative estimate of drug-likeness (QED) is 0.656. The van der Waals surface area contributed by atoms with Gasteiger partial charge in [-0.05, 0) is 25.3 Å². The average Bonchev–Trinajstić information content (AvgIpc) is 2.59. The first-order valence-electron chi connectivity index (χ1n) is 4.56. The summed E-state index contributed by atoms with van der Waals surface area (Å²) in [6.07, 6.45) is 8.10. The lowest BCUT2D eigenvalue weighted by molar-refractivity contribution is 0.456. The van der Waals surface area contributed by atoms with Crippen molar-refractivity contribution >= 4 is 0 Å². The number of nitrogens with zero attached hydrogens (tertiary/aromatic N) is 2. The highest BCUT2D eigenvalue weighted by atomic mass is 15.3. The summed E-state index contributed by atoms with van der Waals surface area (Å²) in [7, 11) is 1.93. The zero-order chi connectivity index (χ0) is 9.47. The minimum atomic E-state index is -0.245. The Labute approximate surface area is 78.2 Å². The summed E-state index contributed by atoms with van der Waals surface area (Å²) in [6.45, 7) is 2.06. The van der Waals surface area contributed by atoms with E-state index in [4.69, 9.17) is 5.73 Å². The summed E-state index contributed by atoms with van der Waals surface area (Å²) in [4.78, 5) is 0.